The standard InChI is InChI=1S/C22H27N3O5S/c1-4-5-6-13-30-17-10-7-15(8-11-17)20(26)23-22(31)25-24-21(27)16-9-12-18(28-2)19(14-16)29-3/h7-12,14H,4-6,13H2,1-3H3,(H,24,27)(H2,23,25,26,31). The van der Waals surface area contributed by atoms with Gasteiger partial charge in [0, 0.05) is 11.1 Å². The summed E-state index contributed by atoms with van der Waals surface area (Å²) in [5.74, 6) is 0.768. The smallest absolute Gasteiger partial charge is 0.269 e. The summed E-state index contributed by atoms with van der Waals surface area (Å²) < 4.78 is 15.9. The molecule has 8 nitrogen and oxygen atoms in total. The molecule has 0 aromatic heterocycles. The molecular weight excluding hydrogens is 418 g/mol. The van der Waals surface area contributed by atoms with Crippen LogP contribution in [0.4, 0.5) is 0 Å². The van der Waals surface area contributed by atoms with E-state index in [4.69, 9.17) is 26.4 Å². The van der Waals surface area contributed by atoms with Gasteiger partial charge >= 0.3 is 0 Å². The Bertz CT molecular complexity index is 903. The fourth-order valence-corrected chi connectivity index (χ4v) is 2.76. The number of thiocarbonyl (C=S) groups is 1. The number of benzene rings is 2. The Hall–Kier alpha value is -3.33. The number of carbonyl (C=O) groups is 2. The van der Waals surface area contributed by atoms with E-state index >= 15 is 0 Å². The first-order valence-corrected chi connectivity index (χ1v) is 10.3. The monoisotopic (exact) mass is 445 g/mol. The Morgan fingerprint density at radius 3 is 2.19 bits per heavy atom. The van der Waals surface area contributed by atoms with Crippen molar-refractivity contribution in [1.29, 1.82) is 0 Å². The van der Waals surface area contributed by atoms with Gasteiger partial charge in [-0.2, -0.15) is 0 Å². The van der Waals surface area contributed by atoms with E-state index in [1.807, 2.05) is 0 Å². The molecule has 0 atom stereocenters. The minimum Gasteiger partial charge on any atom is -0.494 e. The van der Waals surface area contributed by atoms with E-state index in [0.29, 0.717) is 35.0 Å². The molecule has 9 heteroatoms. The Labute approximate surface area is 187 Å². The number of hydrazine groups is 1. The highest BCUT2D eigenvalue weighted by molar-refractivity contribution is 7.80. The molecule has 2 rings (SSSR count). The Balaban J connectivity index is 1.82. The van der Waals surface area contributed by atoms with E-state index < -0.39 is 11.8 Å². The van der Waals surface area contributed by atoms with Crippen molar-refractivity contribution in [3.05, 3.63) is 53.6 Å². The van der Waals surface area contributed by atoms with Crippen LogP contribution in [0.2, 0.25) is 0 Å². The first-order chi connectivity index (χ1) is 15.0. The third kappa shape index (κ3) is 7.45. The molecule has 0 aliphatic rings. The Kier molecular flexibility index (Phi) is 9.57. The summed E-state index contributed by atoms with van der Waals surface area (Å²) in [6.07, 6.45) is 3.24. The summed E-state index contributed by atoms with van der Waals surface area (Å²) >= 11 is 5.07. The largest absolute Gasteiger partial charge is 0.494 e. The Morgan fingerprint density at radius 1 is 0.871 bits per heavy atom. The van der Waals surface area contributed by atoms with Gasteiger partial charge in [0.05, 0.1) is 20.8 Å². The van der Waals surface area contributed by atoms with Crippen LogP contribution in [0, 0.1) is 0 Å². The molecule has 3 N–H and O–H groups in total. The molecule has 0 aliphatic heterocycles. The lowest BCUT2D eigenvalue weighted by molar-refractivity contribution is 0.0934. The first kappa shape index (κ1) is 23.9. The lowest BCUT2D eigenvalue weighted by Gasteiger charge is -2.12. The average Bonchev–Trinajstić information content (AvgIpc) is 2.80. The topological polar surface area (TPSA) is 97.9 Å². The number of nitrogens with one attached hydrogen (secondary N) is 3. The molecule has 2 amide bonds. The van der Waals surface area contributed by atoms with Gasteiger partial charge in [-0.05, 0) is 61.1 Å². The van der Waals surface area contributed by atoms with E-state index in [9.17, 15) is 9.59 Å². The van der Waals surface area contributed by atoms with Crippen LogP contribution >= 0.6 is 12.2 Å². The van der Waals surface area contributed by atoms with Crippen molar-refractivity contribution < 1.29 is 23.8 Å². The molecule has 0 spiro atoms. The second-order valence-electron chi connectivity index (χ2n) is 6.51. The molecule has 2 aromatic rings. The molecule has 0 bridgehead atoms. The fraction of sp³-hybridized carbons (Fsp3) is 0.318. The van der Waals surface area contributed by atoms with Crippen LogP contribution in [-0.2, 0) is 0 Å². The van der Waals surface area contributed by atoms with Gasteiger partial charge in [0.25, 0.3) is 11.8 Å². The van der Waals surface area contributed by atoms with Gasteiger partial charge in [-0.1, -0.05) is 19.8 Å². The molecular formula is C22H27N3O5S. The third-order valence-corrected chi connectivity index (χ3v) is 4.50. The van der Waals surface area contributed by atoms with Gasteiger partial charge in [0.2, 0.25) is 0 Å². The number of unbranched alkanes of at least 4 members (excludes halogenated alkanes) is 2. The zero-order valence-electron chi connectivity index (χ0n) is 17.8. The van der Waals surface area contributed by atoms with E-state index in [1.165, 1.54) is 20.3 Å². The number of hydrogen-bond acceptors (Lipinski definition) is 6. The summed E-state index contributed by atoms with van der Waals surface area (Å²) in [5, 5.41) is 2.46. The zero-order chi connectivity index (χ0) is 22.6. The number of ether oxygens (including phenoxy) is 3. The zero-order valence-corrected chi connectivity index (χ0v) is 18.6. The van der Waals surface area contributed by atoms with Crippen molar-refractivity contribution in [2.24, 2.45) is 0 Å². The molecule has 0 radical (unpaired) electrons. The van der Waals surface area contributed by atoms with E-state index in [-0.39, 0.29) is 5.11 Å². The van der Waals surface area contributed by atoms with Crippen LogP contribution < -0.4 is 30.4 Å². The number of amides is 2. The molecule has 166 valence electrons. The molecule has 2 aromatic carbocycles. The van der Waals surface area contributed by atoms with Crippen LogP contribution in [0.25, 0.3) is 0 Å². The van der Waals surface area contributed by atoms with E-state index in [1.54, 1.807) is 36.4 Å². The fourth-order valence-electron chi connectivity index (χ4n) is 2.61. The van der Waals surface area contributed by atoms with Gasteiger partial charge in [-0.15, -0.1) is 0 Å². The minimum absolute atomic E-state index is 0.0429. The van der Waals surface area contributed by atoms with Crippen molar-refractivity contribution in [3.63, 3.8) is 0 Å². The van der Waals surface area contributed by atoms with E-state index in [2.05, 4.69) is 23.1 Å². The van der Waals surface area contributed by atoms with Crippen LogP contribution in [0.5, 0.6) is 17.2 Å². The van der Waals surface area contributed by atoms with Gasteiger partial charge in [0.1, 0.15) is 5.75 Å². The van der Waals surface area contributed by atoms with Gasteiger partial charge in [0.15, 0.2) is 16.6 Å². The number of methoxy groups -OCH3 is 2. The van der Waals surface area contributed by atoms with Crippen molar-refractivity contribution in [2.45, 2.75) is 26.2 Å². The molecule has 0 saturated carbocycles. The minimum atomic E-state index is -0.456. The summed E-state index contributed by atoms with van der Waals surface area (Å²) in [6, 6.07) is 11.5. The van der Waals surface area contributed by atoms with Crippen LogP contribution in [0.3, 0.4) is 0 Å². The molecule has 0 fully saturated rings. The first-order valence-electron chi connectivity index (χ1n) is 9.85. The normalized spacial score (nSPS) is 10.0. The molecule has 0 heterocycles. The molecule has 0 unspecified atom stereocenters. The second-order valence-corrected chi connectivity index (χ2v) is 6.92. The summed E-state index contributed by atoms with van der Waals surface area (Å²) in [6.45, 7) is 2.78. The van der Waals surface area contributed by atoms with Crippen molar-refractivity contribution in [1.82, 2.24) is 16.2 Å². The number of rotatable bonds is 9. The second kappa shape index (κ2) is 12.4. The average molecular weight is 446 g/mol. The maximum absolute atomic E-state index is 12.3. The molecule has 0 aliphatic carbocycles. The molecule has 31 heavy (non-hydrogen) atoms. The lowest BCUT2D eigenvalue weighted by atomic mass is 10.2. The van der Waals surface area contributed by atoms with Crippen LogP contribution in [0.15, 0.2) is 42.5 Å². The predicted molar refractivity (Wildman–Crippen MR) is 122 cm³/mol. The highest BCUT2D eigenvalue weighted by atomic mass is 32.1. The van der Waals surface area contributed by atoms with Gasteiger partial charge < -0.3 is 14.2 Å². The molecule has 0 saturated heterocycles. The summed E-state index contributed by atoms with van der Waals surface area (Å²) in [7, 11) is 2.99. The summed E-state index contributed by atoms with van der Waals surface area (Å²) in [5.41, 5.74) is 5.67. The van der Waals surface area contributed by atoms with E-state index in [0.717, 1.165) is 19.3 Å². The maximum Gasteiger partial charge on any atom is 0.269 e. The Morgan fingerprint density at radius 2 is 1.55 bits per heavy atom. The van der Waals surface area contributed by atoms with Crippen molar-refractivity contribution in [3.8, 4) is 17.2 Å². The van der Waals surface area contributed by atoms with Crippen LogP contribution in [-0.4, -0.2) is 37.8 Å². The predicted octanol–water partition coefficient (Wildman–Crippen LogP) is 3.22. The highest BCUT2D eigenvalue weighted by Crippen LogP contribution is 2.27. The SMILES string of the molecule is CCCCCOc1ccc(C(=O)NC(=S)NNC(=O)c2ccc(OC)c(OC)c2)cc1. The van der Waals surface area contributed by atoms with Crippen LogP contribution in [0.1, 0.15) is 46.9 Å². The van der Waals surface area contributed by atoms with Crippen molar-refractivity contribution in [2.75, 3.05) is 20.8 Å². The van der Waals surface area contributed by atoms with Gasteiger partial charge in [-0.25, -0.2) is 0 Å². The third-order valence-electron chi connectivity index (χ3n) is 4.30. The quantitative estimate of drug-likeness (QED) is 0.310. The van der Waals surface area contributed by atoms with Gasteiger partial charge in [-0.3, -0.25) is 25.8 Å². The number of hydrogen-bond donors (Lipinski definition) is 3. The lowest BCUT2D eigenvalue weighted by Crippen LogP contribution is -2.48. The number of carbonyl (C=O) groups excluding carboxylic acids is 2. The van der Waals surface area contributed by atoms with Crippen molar-refractivity contribution >= 4 is 29.1 Å². The highest BCUT2D eigenvalue weighted by Gasteiger charge is 2.12. The maximum atomic E-state index is 12.3. The summed E-state index contributed by atoms with van der Waals surface area (Å²) in [4.78, 5) is 24.6.